The van der Waals surface area contributed by atoms with Crippen LogP contribution < -0.4 is 10.1 Å². The Bertz CT molecular complexity index is 382. The van der Waals surface area contributed by atoms with Crippen molar-refractivity contribution in [2.24, 2.45) is 11.8 Å². The second-order valence-electron chi connectivity index (χ2n) is 5.11. The van der Waals surface area contributed by atoms with Gasteiger partial charge in [-0.3, -0.25) is 0 Å². The standard InChI is InChI=1S/C15H24BrNO2/c1-11(2)13(10-18)9-17-7-6-12-4-5-15(19-3)14(16)8-12/h4-5,8,11,13,17-18H,6-7,9-10H2,1-3H3. The Kier molecular flexibility index (Phi) is 7.42. The van der Waals surface area contributed by atoms with Gasteiger partial charge in [0.05, 0.1) is 11.6 Å². The molecule has 1 rings (SSSR count). The highest BCUT2D eigenvalue weighted by molar-refractivity contribution is 9.10. The van der Waals surface area contributed by atoms with Crippen molar-refractivity contribution in [2.75, 3.05) is 26.8 Å². The molecule has 3 nitrogen and oxygen atoms in total. The number of methoxy groups -OCH3 is 1. The van der Waals surface area contributed by atoms with E-state index in [1.165, 1.54) is 5.56 Å². The average molecular weight is 330 g/mol. The zero-order valence-corrected chi connectivity index (χ0v) is 13.5. The summed E-state index contributed by atoms with van der Waals surface area (Å²) in [5.41, 5.74) is 1.27. The molecule has 0 bridgehead atoms. The van der Waals surface area contributed by atoms with Gasteiger partial charge in [-0.25, -0.2) is 0 Å². The molecule has 1 atom stereocenters. The van der Waals surface area contributed by atoms with Crippen molar-refractivity contribution in [2.45, 2.75) is 20.3 Å². The third kappa shape index (κ3) is 5.51. The van der Waals surface area contributed by atoms with Crippen LogP contribution in [0.25, 0.3) is 0 Å². The molecule has 2 N–H and O–H groups in total. The minimum Gasteiger partial charge on any atom is -0.496 e. The molecule has 4 heteroatoms. The van der Waals surface area contributed by atoms with Crippen molar-refractivity contribution in [3.63, 3.8) is 0 Å². The largest absolute Gasteiger partial charge is 0.496 e. The number of hydrogen-bond donors (Lipinski definition) is 2. The Morgan fingerprint density at radius 1 is 1.37 bits per heavy atom. The van der Waals surface area contributed by atoms with Gasteiger partial charge < -0.3 is 15.2 Å². The molecule has 0 aliphatic rings. The highest BCUT2D eigenvalue weighted by atomic mass is 79.9. The SMILES string of the molecule is COc1ccc(CCNCC(CO)C(C)C)cc1Br. The molecule has 108 valence electrons. The molecule has 0 heterocycles. The Hall–Kier alpha value is -0.580. The van der Waals surface area contributed by atoms with Crippen molar-refractivity contribution in [3.05, 3.63) is 28.2 Å². The lowest BCUT2D eigenvalue weighted by molar-refractivity contribution is 0.186. The van der Waals surface area contributed by atoms with Gasteiger partial charge in [-0.2, -0.15) is 0 Å². The fourth-order valence-electron chi connectivity index (χ4n) is 1.90. The molecular weight excluding hydrogens is 306 g/mol. The fourth-order valence-corrected chi connectivity index (χ4v) is 2.48. The summed E-state index contributed by atoms with van der Waals surface area (Å²) in [7, 11) is 1.67. The summed E-state index contributed by atoms with van der Waals surface area (Å²) in [5.74, 6) is 1.70. The van der Waals surface area contributed by atoms with E-state index in [0.717, 1.165) is 29.7 Å². The summed E-state index contributed by atoms with van der Waals surface area (Å²) in [6.45, 7) is 6.32. The van der Waals surface area contributed by atoms with Gasteiger partial charge in [0.2, 0.25) is 0 Å². The monoisotopic (exact) mass is 329 g/mol. The van der Waals surface area contributed by atoms with Crippen LogP contribution in [0.4, 0.5) is 0 Å². The van der Waals surface area contributed by atoms with E-state index < -0.39 is 0 Å². The van der Waals surface area contributed by atoms with Crippen LogP contribution in [0, 0.1) is 11.8 Å². The first-order chi connectivity index (χ1) is 9.08. The van der Waals surface area contributed by atoms with Crippen molar-refractivity contribution in [1.29, 1.82) is 0 Å². The lowest BCUT2D eigenvalue weighted by atomic mass is 9.97. The number of benzene rings is 1. The van der Waals surface area contributed by atoms with Gasteiger partial charge in [0.1, 0.15) is 5.75 Å². The molecule has 0 aliphatic carbocycles. The normalized spacial score (nSPS) is 12.7. The zero-order chi connectivity index (χ0) is 14.3. The maximum Gasteiger partial charge on any atom is 0.133 e. The summed E-state index contributed by atoms with van der Waals surface area (Å²) in [5, 5.41) is 12.7. The van der Waals surface area contributed by atoms with E-state index >= 15 is 0 Å². The van der Waals surface area contributed by atoms with E-state index in [0.29, 0.717) is 11.8 Å². The number of ether oxygens (including phenoxy) is 1. The molecule has 1 unspecified atom stereocenters. The van der Waals surface area contributed by atoms with E-state index in [-0.39, 0.29) is 6.61 Å². The van der Waals surface area contributed by atoms with Crippen molar-refractivity contribution in [3.8, 4) is 5.75 Å². The minimum atomic E-state index is 0.249. The fraction of sp³-hybridized carbons (Fsp3) is 0.600. The number of aliphatic hydroxyl groups excluding tert-OH is 1. The first-order valence-corrected chi connectivity index (χ1v) is 7.51. The third-order valence-corrected chi connectivity index (χ3v) is 4.01. The van der Waals surface area contributed by atoms with E-state index in [2.05, 4.69) is 47.2 Å². The summed E-state index contributed by atoms with van der Waals surface area (Å²) in [4.78, 5) is 0. The lowest BCUT2D eigenvalue weighted by Crippen LogP contribution is -2.30. The number of nitrogens with one attached hydrogen (secondary N) is 1. The van der Waals surface area contributed by atoms with Crippen LogP contribution in [-0.4, -0.2) is 31.9 Å². The average Bonchev–Trinajstić information content (AvgIpc) is 2.38. The molecular formula is C15H24BrNO2. The van der Waals surface area contributed by atoms with Crippen LogP contribution in [0.15, 0.2) is 22.7 Å². The van der Waals surface area contributed by atoms with Crippen LogP contribution in [-0.2, 0) is 6.42 Å². The topological polar surface area (TPSA) is 41.5 Å². The summed E-state index contributed by atoms with van der Waals surface area (Å²) in [6, 6.07) is 6.15. The first-order valence-electron chi connectivity index (χ1n) is 6.72. The quantitative estimate of drug-likeness (QED) is 0.720. The second kappa shape index (κ2) is 8.56. The maximum atomic E-state index is 9.25. The van der Waals surface area contributed by atoms with Gasteiger partial charge in [-0.15, -0.1) is 0 Å². The molecule has 0 spiro atoms. The minimum absolute atomic E-state index is 0.249. The molecule has 19 heavy (non-hydrogen) atoms. The predicted molar refractivity (Wildman–Crippen MR) is 82.7 cm³/mol. The van der Waals surface area contributed by atoms with Gasteiger partial charge in [0, 0.05) is 13.2 Å². The van der Waals surface area contributed by atoms with E-state index in [1.807, 2.05) is 6.07 Å². The molecule has 1 aromatic carbocycles. The third-order valence-electron chi connectivity index (χ3n) is 3.39. The number of aliphatic hydroxyl groups is 1. The Morgan fingerprint density at radius 3 is 2.63 bits per heavy atom. The highest BCUT2D eigenvalue weighted by Crippen LogP contribution is 2.25. The second-order valence-corrected chi connectivity index (χ2v) is 5.96. The predicted octanol–water partition coefficient (Wildman–Crippen LogP) is 2.85. The number of hydrogen-bond acceptors (Lipinski definition) is 3. The first kappa shape index (κ1) is 16.5. The van der Waals surface area contributed by atoms with Crippen molar-refractivity contribution >= 4 is 15.9 Å². The molecule has 0 aliphatic heterocycles. The van der Waals surface area contributed by atoms with Crippen LogP contribution in [0.1, 0.15) is 19.4 Å². The summed E-state index contributed by atoms with van der Waals surface area (Å²) in [6.07, 6.45) is 0.971. The lowest BCUT2D eigenvalue weighted by Gasteiger charge is -2.18. The van der Waals surface area contributed by atoms with Crippen LogP contribution >= 0.6 is 15.9 Å². The Balaban J connectivity index is 2.35. The van der Waals surface area contributed by atoms with Gasteiger partial charge in [0.15, 0.2) is 0 Å². The summed E-state index contributed by atoms with van der Waals surface area (Å²) < 4.78 is 6.20. The van der Waals surface area contributed by atoms with Gasteiger partial charge in [-0.1, -0.05) is 19.9 Å². The van der Waals surface area contributed by atoms with Crippen LogP contribution in [0.5, 0.6) is 5.75 Å². The number of halogens is 1. The molecule has 0 amide bonds. The molecule has 0 saturated carbocycles. The van der Waals surface area contributed by atoms with E-state index in [9.17, 15) is 5.11 Å². The maximum absolute atomic E-state index is 9.25. The molecule has 1 aromatic rings. The van der Waals surface area contributed by atoms with Crippen molar-refractivity contribution < 1.29 is 9.84 Å². The number of rotatable bonds is 8. The zero-order valence-electron chi connectivity index (χ0n) is 11.9. The highest BCUT2D eigenvalue weighted by Gasteiger charge is 2.11. The molecule has 0 fully saturated rings. The molecule has 0 radical (unpaired) electrons. The molecule has 0 saturated heterocycles. The Morgan fingerprint density at radius 2 is 2.11 bits per heavy atom. The smallest absolute Gasteiger partial charge is 0.133 e. The van der Waals surface area contributed by atoms with Gasteiger partial charge in [0.25, 0.3) is 0 Å². The van der Waals surface area contributed by atoms with E-state index in [1.54, 1.807) is 7.11 Å². The van der Waals surface area contributed by atoms with Gasteiger partial charge >= 0.3 is 0 Å². The molecule has 0 aromatic heterocycles. The van der Waals surface area contributed by atoms with Crippen molar-refractivity contribution in [1.82, 2.24) is 5.32 Å². The van der Waals surface area contributed by atoms with Crippen LogP contribution in [0.3, 0.4) is 0 Å². The Labute approximate surface area is 124 Å². The summed E-state index contributed by atoms with van der Waals surface area (Å²) >= 11 is 3.49. The van der Waals surface area contributed by atoms with Crippen LogP contribution in [0.2, 0.25) is 0 Å². The van der Waals surface area contributed by atoms with Gasteiger partial charge in [-0.05, 0) is 58.4 Å². The van der Waals surface area contributed by atoms with E-state index in [4.69, 9.17) is 4.74 Å².